The second kappa shape index (κ2) is 6.05. The fourth-order valence-electron chi connectivity index (χ4n) is 2.02. The number of rotatable bonds is 5. The van der Waals surface area contributed by atoms with Crippen molar-refractivity contribution < 1.29 is 13.5 Å². The first-order valence-corrected chi connectivity index (χ1v) is 8.56. The van der Waals surface area contributed by atoms with Crippen LogP contribution in [-0.2, 0) is 16.6 Å². The molecule has 0 aliphatic carbocycles. The van der Waals surface area contributed by atoms with Crippen molar-refractivity contribution in [2.45, 2.75) is 31.4 Å². The van der Waals surface area contributed by atoms with Crippen LogP contribution in [0, 0.1) is 6.92 Å². The van der Waals surface area contributed by atoms with Gasteiger partial charge in [-0.15, -0.1) is 11.3 Å². The third-order valence-corrected chi connectivity index (χ3v) is 5.67. The van der Waals surface area contributed by atoms with Crippen LogP contribution < -0.4 is 4.72 Å². The van der Waals surface area contributed by atoms with E-state index in [0.717, 1.165) is 11.1 Å². The van der Waals surface area contributed by atoms with Crippen LogP contribution in [0.5, 0.6) is 0 Å². The lowest BCUT2D eigenvalue weighted by molar-refractivity contribution is 0.285. The van der Waals surface area contributed by atoms with Crippen molar-refractivity contribution in [1.82, 2.24) is 4.72 Å². The van der Waals surface area contributed by atoms with E-state index in [9.17, 15) is 8.42 Å². The molecule has 0 saturated heterocycles. The van der Waals surface area contributed by atoms with Gasteiger partial charge in [-0.05, 0) is 31.0 Å². The summed E-state index contributed by atoms with van der Waals surface area (Å²) in [5.41, 5.74) is 2.00. The largest absolute Gasteiger partial charge is 0.391 e. The monoisotopic (exact) mass is 311 g/mol. The van der Waals surface area contributed by atoms with E-state index >= 15 is 0 Å². The number of benzene rings is 1. The third-order valence-electron chi connectivity index (χ3n) is 3.08. The van der Waals surface area contributed by atoms with Crippen molar-refractivity contribution in [2.24, 2.45) is 0 Å². The van der Waals surface area contributed by atoms with Gasteiger partial charge in [-0.1, -0.05) is 24.3 Å². The van der Waals surface area contributed by atoms with E-state index in [1.807, 2.05) is 38.1 Å². The quantitative estimate of drug-likeness (QED) is 0.892. The lowest BCUT2D eigenvalue weighted by Gasteiger charge is -2.16. The molecule has 1 unspecified atom stereocenters. The predicted octanol–water partition coefficient (Wildman–Crippen LogP) is 2.59. The van der Waals surface area contributed by atoms with E-state index in [2.05, 4.69) is 4.72 Å². The summed E-state index contributed by atoms with van der Waals surface area (Å²) in [7, 11) is -3.56. The molecule has 0 saturated carbocycles. The standard InChI is InChI=1S/C14H17NO3S2/c1-10-5-3-4-6-14(10)11(2)15-20(17,18)13-7-12(8-16)19-9-13/h3-7,9,11,15-16H,8H2,1-2H3. The van der Waals surface area contributed by atoms with Crippen LogP contribution >= 0.6 is 11.3 Å². The molecular weight excluding hydrogens is 294 g/mol. The number of hydrogen-bond donors (Lipinski definition) is 2. The molecule has 1 aromatic carbocycles. The number of hydrogen-bond acceptors (Lipinski definition) is 4. The van der Waals surface area contributed by atoms with E-state index in [-0.39, 0.29) is 17.5 Å². The Morgan fingerprint density at radius 1 is 1.35 bits per heavy atom. The molecule has 1 atom stereocenters. The maximum atomic E-state index is 12.3. The predicted molar refractivity (Wildman–Crippen MR) is 80.2 cm³/mol. The van der Waals surface area contributed by atoms with Gasteiger partial charge in [0, 0.05) is 16.3 Å². The van der Waals surface area contributed by atoms with E-state index in [1.165, 1.54) is 17.4 Å². The van der Waals surface area contributed by atoms with Crippen LogP contribution in [0.25, 0.3) is 0 Å². The van der Waals surface area contributed by atoms with Crippen molar-refractivity contribution >= 4 is 21.4 Å². The molecular formula is C14H17NO3S2. The first-order chi connectivity index (χ1) is 9.44. The number of nitrogens with one attached hydrogen (secondary N) is 1. The zero-order valence-corrected chi connectivity index (χ0v) is 13.0. The average molecular weight is 311 g/mol. The van der Waals surface area contributed by atoms with Crippen LogP contribution in [0.3, 0.4) is 0 Å². The highest BCUT2D eigenvalue weighted by atomic mass is 32.2. The summed E-state index contributed by atoms with van der Waals surface area (Å²) < 4.78 is 27.2. The summed E-state index contributed by atoms with van der Waals surface area (Å²) in [6.07, 6.45) is 0. The zero-order chi connectivity index (χ0) is 14.8. The molecule has 0 spiro atoms. The molecule has 1 heterocycles. The molecule has 1 aromatic heterocycles. The summed E-state index contributed by atoms with van der Waals surface area (Å²) in [6, 6.07) is 8.87. The normalized spacial score (nSPS) is 13.3. The minimum absolute atomic E-state index is 0.145. The van der Waals surface area contributed by atoms with Crippen LogP contribution in [0.4, 0.5) is 0 Å². The van der Waals surface area contributed by atoms with Gasteiger partial charge in [0.15, 0.2) is 0 Å². The summed E-state index contributed by atoms with van der Waals surface area (Å²) in [5, 5.41) is 10.5. The third kappa shape index (κ3) is 3.27. The molecule has 0 bridgehead atoms. The van der Waals surface area contributed by atoms with E-state index in [0.29, 0.717) is 4.88 Å². The second-order valence-electron chi connectivity index (χ2n) is 4.61. The van der Waals surface area contributed by atoms with Gasteiger partial charge >= 0.3 is 0 Å². The fourth-order valence-corrected chi connectivity index (χ4v) is 4.38. The molecule has 6 heteroatoms. The highest BCUT2D eigenvalue weighted by molar-refractivity contribution is 7.89. The van der Waals surface area contributed by atoms with Gasteiger partial charge in [0.05, 0.1) is 11.5 Å². The maximum absolute atomic E-state index is 12.3. The lowest BCUT2D eigenvalue weighted by atomic mass is 10.0. The minimum atomic E-state index is -3.56. The van der Waals surface area contributed by atoms with E-state index in [1.54, 1.807) is 5.38 Å². The molecule has 0 aliphatic rings. The summed E-state index contributed by atoms with van der Waals surface area (Å²) in [5.74, 6) is 0. The second-order valence-corrected chi connectivity index (χ2v) is 7.32. The summed E-state index contributed by atoms with van der Waals surface area (Å²) in [4.78, 5) is 0.834. The first kappa shape index (κ1) is 15.2. The Kier molecular flexibility index (Phi) is 4.59. The zero-order valence-electron chi connectivity index (χ0n) is 11.3. The molecule has 20 heavy (non-hydrogen) atoms. The van der Waals surface area contributed by atoms with Crippen LogP contribution in [0.2, 0.25) is 0 Å². The maximum Gasteiger partial charge on any atom is 0.241 e. The van der Waals surface area contributed by atoms with Crippen LogP contribution in [-0.4, -0.2) is 13.5 Å². The smallest absolute Gasteiger partial charge is 0.241 e. The summed E-state index contributed by atoms with van der Waals surface area (Å²) >= 11 is 1.23. The Labute approximate surface area is 123 Å². The molecule has 0 aliphatic heterocycles. The van der Waals surface area contributed by atoms with Crippen molar-refractivity contribution in [1.29, 1.82) is 0 Å². The fraction of sp³-hybridized carbons (Fsp3) is 0.286. The van der Waals surface area contributed by atoms with Crippen LogP contribution in [0.1, 0.15) is 29.0 Å². The SMILES string of the molecule is Cc1ccccc1C(C)NS(=O)(=O)c1csc(CO)c1. The topological polar surface area (TPSA) is 66.4 Å². The number of aliphatic hydroxyl groups excluding tert-OH is 1. The lowest BCUT2D eigenvalue weighted by Crippen LogP contribution is -2.27. The van der Waals surface area contributed by atoms with Gasteiger partial charge in [-0.2, -0.15) is 0 Å². The molecule has 0 radical (unpaired) electrons. The van der Waals surface area contributed by atoms with Crippen molar-refractivity contribution in [3.8, 4) is 0 Å². The van der Waals surface area contributed by atoms with Gasteiger partial charge in [0.1, 0.15) is 0 Å². The molecule has 108 valence electrons. The van der Waals surface area contributed by atoms with Crippen molar-refractivity contribution in [3.05, 3.63) is 51.7 Å². The highest BCUT2D eigenvalue weighted by Gasteiger charge is 2.20. The first-order valence-electron chi connectivity index (χ1n) is 6.20. The number of aliphatic hydroxyl groups is 1. The Hall–Kier alpha value is -1.21. The Morgan fingerprint density at radius 2 is 2.05 bits per heavy atom. The average Bonchev–Trinajstić information content (AvgIpc) is 2.88. The van der Waals surface area contributed by atoms with Gasteiger partial charge in [-0.25, -0.2) is 13.1 Å². The van der Waals surface area contributed by atoms with Crippen molar-refractivity contribution in [2.75, 3.05) is 0 Å². The molecule has 2 N–H and O–H groups in total. The number of sulfonamides is 1. The number of aryl methyl sites for hydroxylation is 1. The van der Waals surface area contributed by atoms with Gasteiger partial charge in [0.2, 0.25) is 10.0 Å². The minimum Gasteiger partial charge on any atom is -0.391 e. The van der Waals surface area contributed by atoms with Crippen LogP contribution in [0.15, 0.2) is 40.6 Å². The summed E-state index contributed by atoms with van der Waals surface area (Å²) in [6.45, 7) is 3.63. The Balaban J connectivity index is 2.22. The molecule has 0 fully saturated rings. The van der Waals surface area contributed by atoms with E-state index < -0.39 is 10.0 Å². The molecule has 2 aromatic rings. The van der Waals surface area contributed by atoms with Gasteiger partial charge < -0.3 is 5.11 Å². The van der Waals surface area contributed by atoms with Crippen molar-refractivity contribution in [3.63, 3.8) is 0 Å². The van der Waals surface area contributed by atoms with E-state index in [4.69, 9.17) is 5.11 Å². The molecule has 4 nitrogen and oxygen atoms in total. The van der Waals surface area contributed by atoms with Gasteiger partial charge in [-0.3, -0.25) is 0 Å². The Morgan fingerprint density at radius 3 is 2.65 bits per heavy atom. The Bertz CT molecular complexity index is 692. The number of thiophene rings is 1. The molecule has 0 amide bonds. The highest BCUT2D eigenvalue weighted by Crippen LogP contribution is 2.23. The molecule has 2 rings (SSSR count). The van der Waals surface area contributed by atoms with Gasteiger partial charge in [0.25, 0.3) is 0 Å².